The molecule has 0 amide bonds. The third-order valence-corrected chi connectivity index (χ3v) is 3.54. The average Bonchev–Trinajstić information content (AvgIpc) is 2.94. The number of rotatable bonds is 1. The first-order valence-electron chi connectivity index (χ1n) is 6.12. The van der Waals surface area contributed by atoms with Crippen molar-refractivity contribution in [2.24, 2.45) is 4.99 Å². The Morgan fingerprint density at radius 3 is 2.35 bits per heavy atom. The molecular formula is C13H18N4. The molecule has 3 rings (SSSR count). The summed E-state index contributed by atoms with van der Waals surface area (Å²) in [5.41, 5.74) is 9.06. The fourth-order valence-corrected chi connectivity index (χ4v) is 2.51. The zero-order valence-electron chi connectivity index (χ0n) is 10.4. The lowest BCUT2D eigenvalue weighted by molar-refractivity contribution is 0.239. The lowest BCUT2D eigenvalue weighted by Gasteiger charge is -2.17. The van der Waals surface area contributed by atoms with Crippen molar-refractivity contribution in [1.29, 1.82) is 0 Å². The summed E-state index contributed by atoms with van der Waals surface area (Å²) in [6.45, 7) is 8.12. The van der Waals surface area contributed by atoms with Gasteiger partial charge in [0, 0.05) is 19.6 Å². The predicted octanol–water partition coefficient (Wildman–Crippen LogP) is 1.08. The van der Waals surface area contributed by atoms with E-state index in [2.05, 4.69) is 46.7 Å². The predicted molar refractivity (Wildman–Crippen MR) is 68.6 cm³/mol. The number of benzene rings is 1. The van der Waals surface area contributed by atoms with Crippen LogP contribution in [0.3, 0.4) is 0 Å². The molecule has 90 valence electrons. The first-order chi connectivity index (χ1) is 8.24. The number of guanidine groups is 1. The van der Waals surface area contributed by atoms with Crippen LogP contribution in [0.2, 0.25) is 0 Å². The zero-order chi connectivity index (χ0) is 11.8. The topological polar surface area (TPSA) is 39.7 Å². The third-order valence-electron chi connectivity index (χ3n) is 3.54. The van der Waals surface area contributed by atoms with E-state index in [1.54, 1.807) is 0 Å². The maximum Gasteiger partial charge on any atom is 0.206 e. The molecule has 0 atom stereocenters. The largest absolute Gasteiger partial charge is 0.353 e. The van der Waals surface area contributed by atoms with Crippen LogP contribution in [0.15, 0.2) is 17.1 Å². The van der Waals surface area contributed by atoms with Crippen LogP contribution < -0.4 is 10.7 Å². The monoisotopic (exact) mass is 230 g/mol. The van der Waals surface area contributed by atoms with Gasteiger partial charge in [0.05, 0.1) is 6.54 Å². The standard InChI is InChI=1S/C13H18N4/c1-9-3-4-10(2)12-8-17(7-11(9)12)16-13-14-5-6-15-13/h3-4H,5-8H2,1-2H3,(H2,14,15,16). The van der Waals surface area contributed by atoms with Gasteiger partial charge in [0.2, 0.25) is 5.96 Å². The van der Waals surface area contributed by atoms with Gasteiger partial charge in [-0.15, -0.1) is 0 Å². The van der Waals surface area contributed by atoms with Crippen LogP contribution in [0.4, 0.5) is 0 Å². The molecule has 0 fully saturated rings. The second-order valence-corrected chi connectivity index (χ2v) is 4.78. The Balaban J connectivity index is 1.78. The van der Waals surface area contributed by atoms with Crippen LogP contribution in [0, 0.1) is 13.8 Å². The van der Waals surface area contributed by atoms with Crippen molar-refractivity contribution in [2.45, 2.75) is 26.9 Å². The summed E-state index contributed by atoms with van der Waals surface area (Å²) >= 11 is 0. The SMILES string of the molecule is Cc1ccc(C)c2c1CN(NC1=NCCN1)C2. The van der Waals surface area contributed by atoms with Crippen molar-refractivity contribution in [3.05, 3.63) is 34.4 Å². The summed E-state index contributed by atoms with van der Waals surface area (Å²) < 4.78 is 0. The molecule has 1 aromatic carbocycles. The van der Waals surface area contributed by atoms with Crippen molar-refractivity contribution in [3.8, 4) is 0 Å². The van der Waals surface area contributed by atoms with Gasteiger partial charge in [0.1, 0.15) is 0 Å². The second-order valence-electron chi connectivity index (χ2n) is 4.78. The summed E-state index contributed by atoms with van der Waals surface area (Å²) in [6.07, 6.45) is 0. The Kier molecular flexibility index (Phi) is 2.52. The summed E-state index contributed by atoms with van der Waals surface area (Å²) in [4.78, 5) is 4.36. The molecule has 4 nitrogen and oxygen atoms in total. The molecule has 0 saturated heterocycles. The first kappa shape index (κ1) is 10.6. The molecule has 0 saturated carbocycles. The molecule has 2 aliphatic heterocycles. The number of aliphatic imine (C=N–C) groups is 1. The molecule has 2 aliphatic rings. The van der Waals surface area contributed by atoms with Crippen molar-refractivity contribution < 1.29 is 0 Å². The minimum absolute atomic E-state index is 0.876. The minimum Gasteiger partial charge on any atom is -0.353 e. The van der Waals surface area contributed by atoms with Crippen molar-refractivity contribution >= 4 is 5.96 Å². The quantitative estimate of drug-likeness (QED) is 0.758. The van der Waals surface area contributed by atoms with Gasteiger partial charge in [0.15, 0.2) is 0 Å². The van der Waals surface area contributed by atoms with Crippen LogP contribution in [-0.4, -0.2) is 24.1 Å². The smallest absolute Gasteiger partial charge is 0.206 e. The molecule has 0 aliphatic carbocycles. The lowest BCUT2D eigenvalue weighted by atomic mass is 10.0. The number of hydrazine groups is 1. The Morgan fingerprint density at radius 1 is 1.18 bits per heavy atom. The molecule has 1 aromatic rings. The van der Waals surface area contributed by atoms with Crippen molar-refractivity contribution in [3.63, 3.8) is 0 Å². The Morgan fingerprint density at radius 2 is 1.82 bits per heavy atom. The molecule has 2 heterocycles. The van der Waals surface area contributed by atoms with E-state index in [-0.39, 0.29) is 0 Å². The fourth-order valence-electron chi connectivity index (χ4n) is 2.51. The Bertz CT molecular complexity index is 448. The highest BCUT2D eigenvalue weighted by Crippen LogP contribution is 2.27. The number of nitrogens with one attached hydrogen (secondary N) is 2. The van der Waals surface area contributed by atoms with E-state index < -0.39 is 0 Å². The molecule has 4 heteroatoms. The summed E-state index contributed by atoms with van der Waals surface area (Å²) in [6, 6.07) is 4.42. The van der Waals surface area contributed by atoms with Gasteiger partial charge in [0.25, 0.3) is 0 Å². The van der Waals surface area contributed by atoms with Crippen LogP contribution in [0.5, 0.6) is 0 Å². The van der Waals surface area contributed by atoms with E-state index in [9.17, 15) is 0 Å². The summed E-state index contributed by atoms with van der Waals surface area (Å²) in [7, 11) is 0. The minimum atomic E-state index is 0.876. The normalized spacial score (nSPS) is 18.8. The van der Waals surface area contributed by atoms with Gasteiger partial charge in [-0.3, -0.25) is 10.4 Å². The number of aryl methyl sites for hydroxylation is 2. The van der Waals surface area contributed by atoms with E-state index in [0.717, 1.165) is 32.1 Å². The maximum atomic E-state index is 4.36. The maximum absolute atomic E-state index is 4.36. The van der Waals surface area contributed by atoms with E-state index in [4.69, 9.17) is 0 Å². The highest BCUT2D eigenvalue weighted by atomic mass is 15.6. The Hall–Kier alpha value is -1.55. The van der Waals surface area contributed by atoms with Crippen LogP contribution in [-0.2, 0) is 13.1 Å². The van der Waals surface area contributed by atoms with Crippen molar-refractivity contribution in [1.82, 2.24) is 15.8 Å². The second kappa shape index (κ2) is 4.04. The van der Waals surface area contributed by atoms with Crippen molar-refractivity contribution in [2.75, 3.05) is 13.1 Å². The van der Waals surface area contributed by atoms with E-state index in [0.29, 0.717) is 0 Å². The van der Waals surface area contributed by atoms with Gasteiger partial charge in [-0.25, -0.2) is 5.01 Å². The molecule has 0 bridgehead atoms. The zero-order valence-corrected chi connectivity index (χ0v) is 10.4. The van der Waals surface area contributed by atoms with Crippen LogP contribution in [0.1, 0.15) is 22.3 Å². The van der Waals surface area contributed by atoms with Crippen LogP contribution >= 0.6 is 0 Å². The number of hydrogen-bond donors (Lipinski definition) is 2. The van der Waals surface area contributed by atoms with Gasteiger partial charge < -0.3 is 5.32 Å². The highest BCUT2D eigenvalue weighted by molar-refractivity contribution is 5.80. The Labute approximate surface area is 102 Å². The number of hydrogen-bond acceptors (Lipinski definition) is 4. The van der Waals surface area contributed by atoms with Gasteiger partial charge in [-0.1, -0.05) is 12.1 Å². The van der Waals surface area contributed by atoms with Gasteiger partial charge >= 0.3 is 0 Å². The van der Waals surface area contributed by atoms with Gasteiger partial charge in [-0.2, -0.15) is 0 Å². The molecule has 0 aromatic heterocycles. The third kappa shape index (κ3) is 1.89. The molecule has 0 radical (unpaired) electrons. The number of nitrogens with zero attached hydrogens (tertiary/aromatic N) is 2. The summed E-state index contributed by atoms with van der Waals surface area (Å²) in [5, 5.41) is 5.46. The first-order valence-corrected chi connectivity index (χ1v) is 6.12. The molecule has 2 N–H and O–H groups in total. The molecular weight excluding hydrogens is 212 g/mol. The van der Waals surface area contributed by atoms with E-state index >= 15 is 0 Å². The highest BCUT2D eigenvalue weighted by Gasteiger charge is 2.23. The van der Waals surface area contributed by atoms with E-state index in [1.165, 1.54) is 22.3 Å². The molecule has 17 heavy (non-hydrogen) atoms. The molecule has 0 spiro atoms. The van der Waals surface area contributed by atoms with Crippen LogP contribution in [0.25, 0.3) is 0 Å². The fraction of sp³-hybridized carbons (Fsp3) is 0.462. The molecule has 0 unspecified atom stereocenters. The average molecular weight is 230 g/mol. The van der Waals surface area contributed by atoms with Gasteiger partial charge in [-0.05, 0) is 36.1 Å². The lowest BCUT2D eigenvalue weighted by Crippen LogP contribution is -2.43. The number of fused-ring (bicyclic) bond motifs is 1. The summed E-state index contributed by atoms with van der Waals surface area (Å²) in [5.74, 6) is 0.910. The van der Waals surface area contributed by atoms with E-state index in [1.807, 2.05) is 0 Å².